The van der Waals surface area contributed by atoms with E-state index in [1.54, 1.807) is 41.5 Å². The van der Waals surface area contributed by atoms with Crippen molar-refractivity contribution >= 4 is 70.3 Å². The number of nitrogens with two attached hydrogens (primary N) is 1. The van der Waals surface area contributed by atoms with Crippen molar-refractivity contribution in [2.24, 2.45) is 29.4 Å². The zero-order valence-corrected chi connectivity index (χ0v) is 47.5. The van der Waals surface area contributed by atoms with Crippen LogP contribution in [0.4, 0.5) is 5.69 Å². The number of anilines is 1. The Bertz CT molecular complexity index is 2340. The number of carboxylic acid groups (broad SMARTS) is 1. The van der Waals surface area contributed by atoms with E-state index in [1.807, 2.05) is 46.6 Å². The quantitative estimate of drug-likeness (QED) is 0.0289. The third kappa shape index (κ3) is 19.7. The molecule has 0 spiro atoms. The summed E-state index contributed by atoms with van der Waals surface area (Å²) in [5.41, 5.74) is 6.94. The third-order valence-electron chi connectivity index (χ3n) is 14.7. The number of aromatic nitrogens is 1. The third-order valence-corrected chi connectivity index (χ3v) is 15.6. The fraction of sp³-hybridized carbons (Fsp3) is 0.643. The molecular weight excluding hydrogens is 1010 g/mol. The second-order valence-electron chi connectivity index (χ2n) is 21.3. The van der Waals surface area contributed by atoms with Crippen LogP contribution >= 0.6 is 11.3 Å². The number of likely N-dealkylation sites (tertiary alicyclic amines) is 1. The summed E-state index contributed by atoms with van der Waals surface area (Å²) in [7, 11) is 1.94. The molecule has 2 aromatic rings. The highest BCUT2D eigenvalue weighted by atomic mass is 32.1. The number of amides is 7. The van der Waals surface area contributed by atoms with Crippen LogP contribution < -0.4 is 27.0 Å². The first-order valence-corrected chi connectivity index (χ1v) is 28.3. The van der Waals surface area contributed by atoms with Crippen molar-refractivity contribution in [2.75, 3.05) is 38.5 Å². The number of rotatable bonds is 32. The zero-order chi connectivity index (χ0) is 56.9. The molecule has 7 N–H and O–H groups in total. The minimum atomic E-state index is -1.04. The molecule has 1 unspecified atom stereocenters. The van der Waals surface area contributed by atoms with E-state index in [-0.39, 0.29) is 85.3 Å². The lowest BCUT2D eigenvalue weighted by Gasteiger charge is -2.40. The van der Waals surface area contributed by atoms with Crippen molar-refractivity contribution < 1.29 is 53.0 Å². The summed E-state index contributed by atoms with van der Waals surface area (Å²) in [5, 5.41) is 23.6. The predicted molar refractivity (Wildman–Crippen MR) is 294 cm³/mol. The van der Waals surface area contributed by atoms with Crippen LogP contribution in [0.1, 0.15) is 160 Å². The second kappa shape index (κ2) is 31.4. The molecule has 9 atom stereocenters. The Morgan fingerprint density at radius 3 is 2.22 bits per heavy atom. The molecule has 0 aliphatic carbocycles. The van der Waals surface area contributed by atoms with E-state index in [0.29, 0.717) is 81.1 Å². The first-order chi connectivity index (χ1) is 36.6. The summed E-state index contributed by atoms with van der Waals surface area (Å²) >= 11 is 1.13. The number of unbranched alkanes of at least 4 members (excludes halogenated alkanes) is 3. The Hall–Kier alpha value is -6.06. The molecule has 0 bridgehead atoms. The minimum absolute atomic E-state index is 0.0398. The predicted octanol–water partition coefficient (Wildman–Crippen LogP) is 5.76. The molecule has 2 aliphatic heterocycles. The largest absolute Gasteiger partial charge is 0.481 e. The fourth-order valence-corrected chi connectivity index (χ4v) is 10.6. The summed E-state index contributed by atoms with van der Waals surface area (Å²) < 4.78 is 5.87. The number of benzene rings is 1. The highest BCUT2D eigenvalue weighted by Crippen LogP contribution is 2.32. The molecular formula is C56H85N9O11S. The number of piperidine rings is 1. The van der Waals surface area contributed by atoms with Gasteiger partial charge in [-0.3, -0.25) is 53.0 Å². The Kier molecular flexibility index (Phi) is 25.9. The van der Waals surface area contributed by atoms with E-state index >= 15 is 0 Å². The zero-order valence-electron chi connectivity index (χ0n) is 46.6. The molecule has 77 heavy (non-hydrogen) atoms. The summed E-state index contributed by atoms with van der Waals surface area (Å²) in [5.74, 6) is -4.69. The van der Waals surface area contributed by atoms with Crippen molar-refractivity contribution in [3.05, 3.63) is 58.1 Å². The van der Waals surface area contributed by atoms with E-state index in [1.165, 1.54) is 19.1 Å². The van der Waals surface area contributed by atoms with Gasteiger partial charge >= 0.3 is 11.9 Å². The van der Waals surface area contributed by atoms with Gasteiger partial charge in [-0.2, -0.15) is 0 Å². The minimum Gasteiger partial charge on any atom is -0.481 e. The lowest BCUT2D eigenvalue weighted by Crippen LogP contribution is -2.59. The molecule has 1 aromatic heterocycles. The van der Waals surface area contributed by atoms with Gasteiger partial charge in [-0.15, -0.1) is 11.3 Å². The van der Waals surface area contributed by atoms with Gasteiger partial charge in [0.2, 0.25) is 23.6 Å². The Morgan fingerprint density at radius 2 is 1.61 bits per heavy atom. The summed E-state index contributed by atoms with van der Waals surface area (Å²) in [6.07, 6.45) is 7.84. The number of thiazole rings is 1. The topological polar surface area (TPSA) is 280 Å². The van der Waals surface area contributed by atoms with Crippen molar-refractivity contribution in [2.45, 2.75) is 175 Å². The number of carbonyl (C=O) groups excluding carboxylic acids is 8. The fourth-order valence-electron chi connectivity index (χ4n) is 9.78. The second-order valence-corrected chi connectivity index (χ2v) is 22.1. The molecule has 3 heterocycles. The van der Waals surface area contributed by atoms with Crippen molar-refractivity contribution in [1.29, 1.82) is 0 Å². The number of esters is 1. The maximum absolute atomic E-state index is 14.6. The van der Waals surface area contributed by atoms with Gasteiger partial charge in [0.25, 0.3) is 17.7 Å². The molecule has 0 radical (unpaired) electrons. The van der Waals surface area contributed by atoms with Crippen LogP contribution in [0.5, 0.6) is 0 Å². The molecule has 1 saturated heterocycles. The van der Waals surface area contributed by atoms with E-state index in [9.17, 15) is 48.3 Å². The van der Waals surface area contributed by atoms with Crippen molar-refractivity contribution in [3.8, 4) is 0 Å². The van der Waals surface area contributed by atoms with Crippen molar-refractivity contribution in [1.82, 2.24) is 35.6 Å². The number of carboxylic acids is 1. The number of carbonyl (C=O) groups is 9. The van der Waals surface area contributed by atoms with E-state index in [0.717, 1.165) is 34.8 Å². The molecule has 21 heteroatoms. The first-order valence-electron chi connectivity index (χ1n) is 27.5. The molecule has 1 fully saturated rings. The van der Waals surface area contributed by atoms with Crippen LogP contribution in [0.15, 0.2) is 41.8 Å². The SMILES string of the molecule is CC[C@H](C)[C@H](NC(=O)[C@H]1C[C@H](C)CCN1C)C(=O)N(CC)[C@H](C[C@@H](OC(C)=O)c1nc(C(=O)NC(Cc2ccc(NC(=O)[C@H](CCCCN)NC(=O)CCCCCN3C(=O)C=CC3=O)cc2)C[C@H](C)C(=O)O)cs1)C(C)C. The number of likely N-dealkylation sites (N-methyl/N-ethyl adjacent to an activating group) is 2. The molecule has 7 amide bonds. The lowest BCUT2D eigenvalue weighted by atomic mass is 9.90. The Morgan fingerprint density at radius 1 is 0.922 bits per heavy atom. The number of nitrogens with one attached hydrogen (secondary N) is 4. The highest BCUT2D eigenvalue weighted by molar-refractivity contribution is 7.09. The van der Waals surface area contributed by atoms with Crippen LogP contribution in [0, 0.1) is 23.7 Å². The lowest BCUT2D eigenvalue weighted by molar-refractivity contribution is -0.150. The summed E-state index contributed by atoms with van der Waals surface area (Å²) in [6, 6.07) is 3.83. The monoisotopic (exact) mass is 1090 g/mol. The van der Waals surface area contributed by atoms with Gasteiger partial charge in [0, 0.05) is 68.2 Å². The molecule has 4 rings (SSSR count). The maximum atomic E-state index is 14.6. The van der Waals surface area contributed by atoms with Crippen LogP contribution in [0.25, 0.3) is 0 Å². The van der Waals surface area contributed by atoms with Gasteiger partial charge in [-0.25, -0.2) is 4.98 Å². The van der Waals surface area contributed by atoms with Gasteiger partial charge in [0.05, 0.1) is 12.0 Å². The summed E-state index contributed by atoms with van der Waals surface area (Å²) in [6.45, 7) is 16.6. The molecule has 20 nitrogen and oxygen atoms in total. The first kappa shape index (κ1) is 63.5. The Balaban J connectivity index is 1.44. The van der Waals surface area contributed by atoms with Crippen LogP contribution in [-0.4, -0.2) is 142 Å². The number of nitrogens with zero attached hydrogens (tertiary/aromatic N) is 4. The standard InChI is InChI=1S/C56H85N9O11S/c1-10-36(6)50(62-53(72)45-29-35(5)25-28-63(45)9)55(73)64(11-2)44(34(3)4)32-46(76-38(8)66)54-61-43(33-77-54)52(71)59-41(30-37(7)56(74)75)31-39-19-21-40(22-20-39)58-51(70)42(17-14-15-26-57)60-47(67)18-13-12-16-27-65-48(68)23-24-49(65)69/h19-24,33-37,41-42,44-46,50H,10-18,25-32,57H2,1-9H3,(H,58,70)(H,59,71)(H,60,67)(H,62,72)(H,74,75)/t35-,36+,37+,41?,42+,44-,45-,46-,50+/m1/s1. The molecule has 0 saturated carbocycles. The van der Waals surface area contributed by atoms with Crippen LogP contribution in [-0.2, 0) is 49.5 Å². The van der Waals surface area contributed by atoms with Gasteiger partial charge in [0.15, 0.2) is 6.10 Å². The van der Waals surface area contributed by atoms with Gasteiger partial charge in [0.1, 0.15) is 22.8 Å². The van der Waals surface area contributed by atoms with E-state index in [2.05, 4.69) is 33.2 Å². The van der Waals surface area contributed by atoms with Gasteiger partial charge in [-0.05, 0) is 120 Å². The van der Waals surface area contributed by atoms with Gasteiger partial charge < -0.3 is 41.7 Å². The van der Waals surface area contributed by atoms with Crippen LogP contribution in [0.2, 0.25) is 0 Å². The average molecular weight is 1090 g/mol. The normalized spacial score (nSPS) is 18.4. The Labute approximate surface area is 458 Å². The summed E-state index contributed by atoms with van der Waals surface area (Å²) in [4.78, 5) is 127. The smallest absolute Gasteiger partial charge is 0.306 e. The number of imide groups is 1. The van der Waals surface area contributed by atoms with Crippen molar-refractivity contribution in [3.63, 3.8) is 0 Å². The number of aliphatic carboxylic acids is 1. The number of hydrogen-bond donors (Lipinski definition) is 6. The highest BCUT2D eigenvalue weighted by Gasteiger charge is 2.39. The number of ether oxygens (including phenoxy) is 1. The van der Waals surface area contributed by atoms with E-state index in [4.69, 9.17) is 10.5 Å². The average Bonchev–Trinajstić information content (AvgIpc) is 4.01. The molecule has 426 valence electrons. The van der Waals surface area contributed by atoms with E-state index < -0.39 is 59.9 Å². The number of hydrogen-bond acceptors (Lipinski definition) is 14. The van der Waals surface area contributed by atoms with Gasteiger partial charge in [-0.1, -0.05) is 66.5 Å². The maximum Gasteiger partial charge on any atom is 0.306 e. The van der Waals surface area contributed by atoms with Crippen LogP contribution in [0.3, 0.4) is 0 Å². The molecule has 1 aromatic carbocycles. The molecule has 2 aliphatic rings.